The minimum absolute atomic E-state index is 0.0469. The molecule has 0 fully saturated rings. The maximum absolute atomic E-state index is 10.7. The Morgan fingerprint density at radius 1 is 1.62 bits per heavy atom. The van der Waals surface area contributed by atoms with Gasteiger partial charge in [0, 0.05) is 13.2 Å². The smallest absolute Gasteiger partial charge is 0.357 e. The molecule has 2 aromatic heterocycles. The average molecular weight is 177 g/mol. The number of pyridine rings is 1. The molecule has 2 rings (SSSR count). The van der Waals surface area contributed by atoms with Gasteiger partial charge in [-0.25, -0.2) is 14.5 Å². The Morgan fingerprint density at radius 3 is 3.08 bits per heavy atom. The number of carbonyl (C=O) groups is 1. The van der Waals surface area contributed by atoms with Crippen LogP contribution in [0.5, 0.6) is 0 Å². The monoisotopic (exact) mass is 177 g/mol. The van der Waals surface area contributed by atoms with Crippen LogP contribution in [-0.4, -0.2) is 25.8 Å². The number of hydrogen-bond acceptors (Lipinski definition) is 3. The van der Waals surface area contributed by atoms with E-state index in [1.807, 2.05) is 0 Å². The van der Waals surface area contributed by atoms with E-state index in [-0.39, 0.29) is 5.69 Å². The van der Waals surface area contributed by atoms with Crippen molar-refractivity contribution < 1.29 is 9.90 Å². The largest absolute Gasteiger partial charge is 0.476 e. The minimum atomic E-state index is -1.03. The predicted molar refractivity (Wildman–Crippen MR) is 45.5 cm³/mol. The summed E-state index contributed by atoms with van der Waals surface area (Å²) in [5, 5.41) is 13.2. The van der Waals surface area contributed by atoms with Gasteiger partial charge in [-0.2, -0.15) is 5.10 Å². The van der Waals surface area contributed by atoms with E-state index in [0.717, 1.165) is 0 Å². The summed E-state index contributed by atoms with van der Waals surface area (Å²) in [6, 6.07) is 3.38. The molecule has 0 aliphatic heterocycles. The molecule has 0 unspecified atom stereocenters. The summed E-state index contributed by atoms with van der Waals surface area (Å²) in [4.78, 5) is 14.7. The molecule has 0 aromatic carbocycles. The van der Waals surface area contributed by atoms with Crippen molar-refractivity contribution in [1.82, 2.24) is 14.8 Å². The number of carboxylic acid groups (broad SMARTS) is 1. The lowest BCUT2D eigenvalue weighted by Gasteiger charge is -1.89. The second kappa shape index (κ2) is 2.55. The lowest BCUT2D eigenvalue weighted by atomic mass is 10.3. The van der Waals surface area contributed by atoms with Crippen LogP contribution in [0.4, 0.5) is 0 Å². The van der Waals surface area contributed by atoms with E-state index in [0.29, 0.717) is 11.0 Å². The molecule has 0 spiro atoms. The molecule has 2 heterocycles. The number of hydrogen-bond donors (Lipinski definition) is 1. The Bertz CT molecular complexity index is 475. The van der Waals surface area contributed by atoms with Crippen molar-refractivity contribution in [1.29, 1.82) is 0 Å². The molecule has 0 bridgehead atoms. The highest BCUT2D eigenvalue weighted by Crippen LogP contribution is 2.14. The zero-order valence-electron chi connectivity index (χ0n) is 6.93. The highest BCUT2D eigenvalue weighted by atomic mass is 16.4. The molecule has 66 valence electrons. The fourth-order valence-corrected chi connectivity index (χ4v) is 1.25. The van der Waals surface area contributed by atoms with Gasteiger partial charge in [-0.05, 0) is 12.1 Å². The van der Waals surface area contributed by atoms with Crippen molar-refractivity contribution in [3.8, 4) is 0 Å². The summed E-state index contributed by atoms with van der Waals surface area (Å²) in [7, 11) is 1.67. The number of nitrogens with zero attached hydrogens (tertiary/aromatic N) is 3. The van der Waals surface area contributed by atoms with Crippen LogP contribution in [0.25, 0.3) is 11.0 Å². The van der Waals surface area contributed by atoms with Crippen LogP contribution in [0, 0.1) is 0 Å². The van der Waals surface area contributed by atoms with Gasteiger partial charge >= 0.3 is 5.97 Å². The normalized spacial score (nSPS) is 10.5. The van der Waals surface area contributed by atoms with Crippen molar-refractivity contribution >= 4 is 17.0 Å². The second-order valence-electron chi connectivity index (χ2n) is 2.65. The molecule has 0 amide bonds. The fraction of sp³-hybridized carbons (Fsp3) is 0.125. The molecule has 0 radical (unpaired) electrons. The van der Waals surface area contributed by atoms with Gasteiger partial charge in [0.2, 0.25) is 0 Å². The van der Waals surface area contributed by atoms with Crippen LogP contribution >= 0.6 is 0 Å². The van der Waals surface area contributed by atoms with Gasteiger partial charge in [0.15, 0.2) is 11.3 Å². The number of aromatic carboxylic acids is 1. The van der Waals surface area contributed by atoms with Gasteiger partial charge in [0.1, 0.15) is 0 Å². The molecule has 0 atom stereocenters. The first kappa shape index (κ1) is 7.72. The van der Waals surface area contributed by atoms with E-state index >= 15 is 0 Å². The maximum atomic E-state index is 10.7. The molecule has 0 saturated heterocycles. The SMILES string of the molecule is Cn1nc(C(=O)O)c2cccnc21. The summed E-state index contributed by atoms with van der Waals surface area (Å²) in [6.07, 6.45) is 1.61. The topological polar surface area (TPSA) is 68.0 Å². The van der Waals surface area contributed by atoms with Gasteiger partial charge in [-0.3, -0.25) is 0 Å². The third-order valence-electron chi connectivity index (χ3n) is 1.80. The molecule has 1 N–H and O–H groups in total. The van der Waals surface area contributed by atoms with E-state index in [4.69, 9.17) is 5.11 Å². The fourth-order valence-electron chi connectivity index (χ4n) is 1.25. The van der Waals surface area contributed by atoms with Crippen molar-refractivity contribution in [2.75, 3.05) is 0 Å². The Balaban J connectivity index is 2.85. The van der Waals surface area contributed by atoms with Crippen LogP contribution in [0.15, 0.2) is 18.3 Å². The third-order valence-corrected chi connectivity index (χ3v) is 1.80. The number of carboxylic acids is 1. The van der Waals surface area contributed by atoms with Crippen molar-refractivity contribution in [3.63, 3.8) is 0 Å². The van der Waals surface area contributed by atoms with Crippen LogP contribution in [0.1, 0.15) is 10.5 Å². The van der Waals surface area contributed by atoms with Gasteiger partial charge in [0.25, 0.3) is 0 Å². The summed E-state index contributed by atoms with van der Waals surface area (Å²) in [5.74, 6) is -1.03. The lowest BCUT2D eigenvalue weighted by Crippen LogP contribution is -1.99. The molecule has 5 heteroatoms. The Morgan fingerprint density at radius 2 is 2.38 bits per heavy atom. The molecular formula is C8H7N3O2. The Hall–Kier alpha value is -1.91. The summed E-state index contributed by atoms with van der Waals surface area (Å²) < 4.78 is 1.46. The van der Waals surface area contributed by atoms with E-state index in [1.54, 1.807) is 25.4 Å². The molecule has 13 heavy (non-hydrogen) atoms. The van der Waals surface area contributed by atoms with Crippen molar-refractivity contribution in [2.24, 2.45) is 7.05 Å². The number of aromatic nitrogens is 3. The first-order chi connectivity index (χ1) is 6.20. The molecule has 5 nitrogen and oxygen atoms in total. The first-order valence-electron chi connectivity index (χ1n) is 3.71. The Kier molecular flexibility index (Phi) is 1.51. The molecule has 2 aromatic rings. The maximum Gasteiger partial charge on any atom is 0.357 e. The van der Waals surface area contributed by atoms with Gasteiger partial charge in [0.05, 0.1) is 5.39 Å². The third kappa shape index (κ3) is 1.05. The highest BCUT2D eigenvalue weighted by molar-refractivity contribution is 5.99. The van der Waals surface area contributed by atoms with Crippen LogP contribution in [0.2, 0.25) is 0 Å². The van der Waals surface area contributed by atoms with E-state index < -0.39 is 5.97 Å². The standard InChI is InChI=1S/C8H7N3O2/c1-11-7-5(3-2-4-9-7)6(10-11)8(12)13/h2-4H,1H3,(H,12,13). The van der Waals surface area contributed by atoms with E-state index in [1.165, 1.54) is 4.68 Å². The van der Waals surface area contributed by atoms with Crippen molar-refractivity contribution in [3.05, 3.63) is 24.0 Å². The highest BCUT2D eigenvalue weighted by Gasteiger charge is 2.14. The Labute approximate surface area is 73.6 Å². The van der Waals surface area contributed by atoms with Crippen LogP contribution in [0.3, 0.4) is 0 Å². The van der Waals surface area contributed by atoms with Gasteiger partial charge in [-0.1, -0.05) is 0 Å². The molecule has 0 aliphatic rings. The summed E-state index contributed by atoms with van der Waals surface area (Å²) in [5.41, 5.74) is 0.630. The molecule has 0 saturated carbocycles. The summed E-state index contributed by atoms with van der Waals surface area (Å²) in [6.45, 7) is 0. The zero-order valence-corrected chi connectivity index (χ0v) is 6.93. The zero-order chi connectivity index (χ0) is 9.42. The van der Waals surface area contributed by atoms with Gasteiger partial charge < -0.3 is 5.11 Å². The van der Waals surface area contributed by atoms with E-state index in [9.17, 15) is 4.79 Å². The minimum Gasteiger partial charge on any atom is -0.476 e. The molecule has 0 aliphatic carbocycles. The summed E-state index contributed by atoms with van der Waals surface area (Å²) >= 11 is 0. The first-order valence-corrected chi connectivity index (χ1v) is 3.71. The van der Waals surface area contributed by atoms with Crippen LogP contribution < -0.4 is 0 Å². The van der Waals surface area contributed by atoms with Gasteiger partial charge in [-0.15, -0.1) is 0 Å². The molecular weight excluding hydrogens is 170 g/mol. The van der Waals surface area contributed by atoms with E-state index in [2.05, 4.69) is 10.1 Å². The second-order valence-corrected chi connectivity index (χ2v) is 2.65. The van der Waals surface area contributed by atoms with Crippen LogP contribution in [-0.2, 0) is 7.05 Å². The lowest BCUT2D eigenvalue weighted by molar-refractivity contribution is 0.0691. The quantitative estimate of drug-likeness (QED) is 0.695. The number of fused-ring (bicyclic) bond motifs is 1. The number of rotatable bonds is 1. The van der Waals surface area contributed by atoms with Crippen molar-refractivity contribution in [2.45, 2.75) is 0 Å². The average Bonchev–Trinajstić information content (AvgIpc) is 2.45. The number of aryl methyl sites for hydroxylation is 1. The predicted octanol–water partition coefficient (Wildman–Crippen LogP) is 0.666.